The van der Waals surface area contributed by atoms with Crippen LogP contribution in [0.4, 0.5) is 5.69 Å². The number of para-hydroxylation sites is 1. The minimum absolute atomic E-state index is 0.0845. The Bertz CT molecular complexity index is 486. The largest absolute Gasteiger partial charge is 0.369 e. The molecule has 1 aliphatic carbocycles. The van der Waals surface area contributed by atoms with Crippen molar-refractivity contribution in [3.63, 3.8) is 0 Å². The fourth-order valence-electron chi connectivity index (χ4n) is 2.55. The Labute approximate surface area is 120 Å². The number of rotatable bonds is 2. The molecule has 108 valence electrons. The van der Waals surface area contributed by atoms with Gasteiger partial charge in [-0.15, -0.1) is 0 Å². The van der Waals surface area contributed by atoms with Crippen molar-refractivity contribution in [1.29, 1.82) is 0 Å². The zero-order valence-corrected chi connectivity index (χ0v) is 12.0. The van der Waals surface area contributed by atoms with Crippen molar-refractivity contribution in [2.45, 2.75) is 44.6 Å². The Hall–Kier alpha value is -2.04. The van der Waals surface area contributed by atoms with E-state index in [2.05, 4.69) is 22.2 Å². The second-order valence-corrected chi connectivity index (χ2v) is 5.52. The van der Waals surface area contributed by atoms with Gasteiger partial charge >= 0.3 is 0 Å². The molecule has 1 aliphatic rings. The molecular weight excluding hydrogens is 250 g/mol. The number of guanidine groups is 2. The summed E-state index contributed by atoms with van der Waals surface area (Å²) >= 11 is 0. The van der Waals surface area contributed by atoms with E-state index in [1.54, 1.807) is 0 Å². The fourth-order valence-corrected chi connectivity index (χ4v) is 2.55. The average Bonchev–Trinajstić information content (AvgIpc) is 2.39. The van der Waals surface area contributed by atoms with Gasteiger partial charge in [0.05, 0.1) is 5.54 Å². The van der Waals surface area contributed by atoms with E-state index in [1.807, 2.05) is 30.3 Å². The van der Waals surface area contributed by atoms with E-state index in [0.717, 1.165) is 18.5 Å². The first kappa shape index (κ1) is 14.4. The number of nitrogens with one attached hydrogen (secondary N) is 1. The second kappa shape index (κ2) is 6.41. The summed E-state index contributed by atoms with van der Waals surface area (Å²) in [5.41, 5.74) is 12.5. The van der Waals surface area contributed by atoms with Crippen molar-refractivity contribution >= 4 is 17.6 Å². The van der Waals surface area contributed by atoms with Crippen LogP contribution in [0.3, 0.4) is 0 Å². The fraction of sp³-hybridized carbons (Fsp3) is 0.467. The van der Waals surface area contributed by atoms with Crippen molar-refractivity contribution in [2.75, 3.05) is 5.32 Å². The summed E-state index contributed by atoms with van der Waals surface area (Å²) in [4.78, 5) is 8.66. The lowest BCUT2D eigenvalue weighted by Crippen LogP contribution is -2.31. The molecule has 1 aromatic rings. The molecule has 5 heteroatoms. The van der Waals surface area contributed by atoms with Gasteiger partial charge in [0.25, 0.3) is 0 Å². The molecule has 20 heavy (non-hydrogen) atoms. The van der Waals surface area contributed by atoms with E-state index in [4.69, 9.17) is 11.5 Å². The number of aliphatic imine (C=N–C) groups is 2. The predicted octanol–water partition coefficient (Wildman–Crippen LogP) is 2.45. The van der Waals surface area contributed by atoms with E-state index < -0.39 is 0 Å². The normalized spacial score (nSPS) is 19.6. The zero-order valence-electron chi connectivity index (χ0n) is 12.0. The summed E-state index contributed by atoms with van der Waals surface area (Å²) in [6.07, 6.45) is 5.82. The highest BCUT2D eigenvalue weighted by Crippen LogP contribution is 2.31. The van der Waals surface area contributed by atoms with Crippen LogP contribution in [0.5, 0.6) is 0 Å². The average molecular weight is 273 g/mol. The zero-order chi connectivity index (χ0) is 14.4. The first-order valence-electron chi connectivity index (χ1n) is 7.09. The minimum atomic E-state index is -0.0845. The summed E-state index contributed by atoms with van der Waals surface area (Å²) in [6, 6.07) is 9.63. The van der Waals surface area contributed by atoms with Crippen LogP contribution in [0.2, 0.25) is 0 Å². The van der Waals surface area contributed by atoms with Crippen LogP contribution in [0.1, 0.15) is 39.0 Å². The molecule has 0 bridgehead atoms. The van der Waals surface area contributed by atoms with Gasteiger partial charge in [-0.1, -0.05) is 37.5 Å². The number of hydrogen-bond acceptors (Lipinski definition) is 1. The molecular formula is C15H23N5. The number of anilines is 1. The maximum absolute atomic E-state index is 5.89. The molecule has 0 saturated heterocycles. The number of benzene rings is 1. The minimum Gasteiger partial charge on any atom is -0.369 e. The third-order valence-electron chi connectivity index (χ3n) is 3.60. The van der Waals surface area contributed by atoms with Crippen molar-refractivity contribution < 1.29 is 0 Å². The van der Waals surface area contributed by atoms with Crippen LogP contribution >= 0.6 is 0 Å². The summed E-state index contributed by atoms with van der Waals surface area (Å²) in [5, 5.41) is 2.99. The molecule has 1 aromatic carbocycles. The van der Waals surface area contributed by atoms with Crippen LogP contribution < -0.4 is 16.8 Å². The molecule has 0 aliphatic heterocycles. The molecule has 1 saturated carbocycles. The molecule has 0 aromatic heterocycles. The van der Waals surface area contributed by atoms with Gasteiger partial charge in [0, 0.05) is 5.69 Å². The SMILES string of the molecule is CC1(N=C(N)/N=C(\N)Nc2ccccc2)CCCCC1. The molecule has 2 rings (SSSR count). The summed E-state index contributed by atoms with van der Waals surface area (Å²) in [5.74, 6) is 0.507. The van der Waals surface area contributed by atoms with Crippen LogP contribution in [-0.4, -0.2) is 17.5 Å². The molecule has 0 heterocycles. The van der Waals surface area contributed by atoms with Gasteiger partial charge in [-0.05, 0) is 31.9 Å². The molecule has 0 atom stereocenters. The van der Waals surface area contributed by atoms with Crippen molar-refractivity contribution in [2.24, 2.45) is 21.5 Å². The Morgan fingerprint density at radius 2 is 1.75 bits per heavy atom. The second-order valence-electron chi connectivity index (χ2n) is 5.52. The van der Waals surface area contributed by atoms with Gasteiger partial charge in [0.1, 0.15) is 0 Å². The predicted molar refractivity (Wildman–Crippen MR) is 84.8 cm³/mol. The lowest BCUT2D eigenvalue weighted by molar-refractivity contribution is 0.325. The molecule has 0 amide bonds. The molecule has 1 fully saturated rings. The lowest BCUT2D eigenvalue weighted by atomic mass is 9.84. The highest BCUT2D eigenvalue weighted by Gasteiger charge is 2.26. The van der Waals surface area contributed by atoms with E-state index in [9.17, 15) is 0 Å². The molecule has 5 N–H and O–H groups in total. The maximum atomic E-state index is 5.89. The van der Waals surface area contributed by atoms with Crippen molar-refractivity contribution in [3.05, 3.63) is 30.3 Å². The van der Waals surface area contributed by atoms with E-state index in [1.165, 1.54) is 19.3 Å². The molecule has 0 radical (unpaired) electrons. The van der Waals surface area contributed by atoms with Crippen LogP contribution in [0.15, 0.2) is 40.3 Å². The van der Waals surface area contributed by atoms with Gasteiger partial charge in [0.2, 0.25) is 11.9 Å². The van der Waals surface area contributed by atoms with Gasteiger partial charge < -0.3 is 16.8 Å². The van der Waals surface area contributed by atoms with Crippen molar-refractivity contribution in [1.82, 2.24) is 0 Å². The molecule has 5 nitrogen and oxygen atoms in total. The Kier molecular flexibility index (Phi) is 4.61. The quantitative estimate of drug-likeness (QED) is 0.571. The highest BCUT2D eigenvalue weighted by molar-refractivity contribution is 6.00. The smallest absolute Gasteiger partial charge is 0.219 e. The van der Waals surface area contributed by atoms with Gasteiger partial charge in [-0.3, -0.25) is 0 Å². The van der Waals surface area contributed by atoms with Crippen molar-refractivity contribution in [3.8, 4) is 0 Å². The summed E-state index contributed by atoms with van der Waals surface area (Å²) < 4.78 is 0. The standard InChI is InChI=1S/C15H23N5/c1-15(10-6-3-7-11-15)20-14(17)19-13(16)18-12-8-4-2-5-9-12/h2,4-5,8-9H,3,6-7,10-11H2,1H3,(H5,16,17,18,19,20). The number of nitrogens with two attached hydrogens (primary N) is 2. The first-order chi connectivity index (χ1) is 9.57. The van der Waals surface area contributed by atoms with Gasteiger partial charge in [0.15, 0.2) is 0 Å². The number of hydrogen-bond donors (Lipinski definition) is 3. The van der Waals surface area contributed by atoms with Gasteiger partial charge in [-0.25, -0.2) is 4.99 Å². The Balaban J connectivity index is 2.01. The third kappa shape index (κ3) is 4.26. The highest BCUT2D eigenvalue weighted by atomic mass is 15.2. The van der Waals surface area contributed by atoms with E-state index in [0.29, 0.717) is 0 Å². The maximum Gasteiger partial charge on any atom is 0.219 e. The lowest BCUT2D eigenvalue weighted by Gasteiger charge is -2.29. The van der Waals surface area contributed by atoms with Gasteiger partial charge in [-0.2, -0.15) is 4.99 Å². The van der Waals surface area contributed by atoms with Crippen LogP contribution in [0.25, 0.3) is 0 Å². The van der Waals surface area contributed by atoms with Crippen LogP contribution in [-0.2, 0) is 0 Å². The molecule has 0 spiro atoms. The monoisotopic (exact) mass is 273 g/mol. The molecule has 0 unspecified atom stereocenters. The number of nitrogens with zero attached hydrogens (tertiary/aromatic N) is 2. The van der Waals surface area contributed by atoms with E-state index in [-0.39, 0.29) is 17.5 Å². The van der Waals surface area contributed by atoms with E-state index >= 15 is 0 Å². The summed E-state index contributed by atoms with van der Waals surface area (Å²) in [6.45, 7) is 2.13. The first-order valence-corrected chi connectivity index (χ1v) is 7.09. The third-order valence-corrected chi connectivity index (χ3v) is 3.60. The Morgan fingerprint density at radius 1 is 1.10 bits per heavy atom. The summed E-state index contributed by atoms with van der Waals surface area (Å²) in [7, 11) is 0. The topological polar surface area (TPSA) is 88.8 Å². The Morgan fingerprint density at radius 3 is 2.40 bits per heavy atom. The van der Waals surface area contributed by atoms with Crippen LogP contribution in [0, 0.1) is 0 Å².